The second kappa shape index (κ2) is 15.5. The van der Waals surface area contributed by atoms with Crippen LogP contribution in [0.25, 0.3) is 0 Å². The van der Waals surface area contributed by atoms with Crippen LogP contribution in [0.5, 0.6) is 0 Å². The Morgan fingerprint density at radius 1 is 1.13 bits per heavy atom. The van der Waals surface area contributed by atoms with Crippen LogP contribution in [0.15, 0.2) is 35.7 Å². The standard InChI is InChI=1S/C33H42N8O5S/c1-21-28(22(2)38-32(37-21)36-11-4-8-23-7-3-9-25(35)24(23)20-34)30(43)40-33(19-27(33)39-29(42)26-10-5-18-47-26)31(44)46-15-6-12-41-13-16-45-17-14-41/h3,5,7,9-10,18,20,27,34H,4,6,8,11-17,19,35H2,1-2H3,(H,39,42)(H,40,43)(H,36,37,38)/p+1. The number of carbonyl (C=O) groups excluding carboxylic acids is 3. The molecule has 2 fully saturated rings. The predicted octanol–water partition coefficient (Wildman–Crippen LogP) is 0.896. The smallest absolute Gasteiger partial charge is 0.334 e. The summed E-state index contributed by atoms with van der Waals surface area (Å²) in [6.07, 6.45) is 3.93. The number of benzene rings is 1. The van der Waals surface area contributed by atoms with Crippen molar-refractivity contribution in [3.63, 3.8) is 0 Å². The van der Waals surface area contributed by atoms with Crippen LogP contribution in [0, 0.1) is 13.8 Å². The maximum Gasteiger partial charge on any atom is 0.334 e. The number of ether oxygens (including phenoxy) is 2. The number of aryl methyl sites for hydroxylation is 3. The molecule has 0 radical (unpaired) electrons. The molecule has 1 saturated heterocycles. The second-order valence-corrected chi connectivity index (χ2v) is 12.7. The molecule has 1 aromatic carbocycles. The summed E-state index contributed by atoms with van der Waals surface area (Å²) >= 11 is 1.30. The van der Waals surface area contributed by atoms with Crippen molar-refractivity contribution in [2.45, 2.75) is 51.1 Å². The third-order valence-corrected chi connectivity index (χ3v) is 9.34. The van der Waals surface area contributed by atoms with E-state index in [1.807, 2.05) is 18.2 Å². The van der Waals surface area contributed by atoms with Gasteiger partial charge < -0.3 is 31.2 Å². The molecule has 0 bridgehead atoms. The Morgan fingerprint density at radius 3 is 2.60 bits per heavy atom. The molecule has 2 aromatic heterocycles. The molecule has 1 aliphatic carbocycles. The van der Waals surface area contributed by atoms with Gasteiger partial charge in [0.05, 0.1) is 53.3 Å². The van der Waals surface area contributed by atoms with Gasteiger partial charge in [-0.05, 0) is 56.2 Å². The van der Waals surface area contributed by atoms with Crippen molar-refractivity contribution in [1.82, 2.24) is 25.5 Å². The Bertz CT molecular complexity index is 1570. The fraction of sp³-hybridized carbons (Fsp3) is 0.455. The van der Waals surface area contributed by atoms with E-state index < -0.39 is 23.5 Å². The van der Waals surface area contributed by atoms with Gasteiger partial charge in [-0.25, -0.2) is 14.8 Å². The van der Waals surface area contributed by atoms with E-state index in [1.54, 1.807) is 31.4 Å². The maximum atomic E-state index is 13.7. The van der Waals surface area contributed by atoms with Gasteiger partial charge in [0.15, 0.2) is 11.8 Å². The Balaban J connectivity index is 1.21. The van der Waals surface area contributed by atoms with E-state index >= 15 is 0 Å². The highest BCUT2D eigenvalue weighted by Crippen LogP contribution is 2.38. The molecule has 3 heterocycles. The molecule has 13 nitrogen and oxygen atoms in total. The summed E-state index contributed by atoms with van der Waals surface area (Å²) in [5.74, 6) is -0.983. The van der Waals surface area contributed by atoms with Crippen LogP contribution in [0.3, 0.4) is 0 Å². The van der Waals surface area contributed by atoms with Gasteiger partial charge in [-0.3, -0.25) is 19.9 Å². The summed E-state index contributed by atoms with van der Waals surface area (Å²) in [7, 11) is 0. The van der Waals surface area contributed by atoms with Gasteiger partial charge in [-0.1, -0.05) is 18.2 Å². The molecular weight excluding hydrogens is 620 g/mol. The third-order valence-electron chi connectivity index (χ3n) is 8.47. The summed E-state index contributed by atoms with van der Waals surface area (Å²) in [6.45, 7) is 8.10. The average molecular weight is 664 g/mol. The molecule has 2 amide bonds. The summed E-state index contributed by atoms with van der Waals surface area (Å²) < 4.78 is 11.1. The number of rotatable bonds is 15. The molecule has 5 rings (SSSR count). The Morgan fingerprint density at radius 2 is 1.89 bits per heavy atom. The highest BCUT2D eigenvalue weighted by molar-refractivity contribution is 7.12. The van der Waals surface area contributed by atoms with Crippen LogP contribution in [-0.2, 0) is 20.7 Å². The van der Waals surface area contributed by atoms with Crippen LogP contribution in [0.4, 0.5) is 11.6 Å². The van der Waals surface area contributed by atoms with Gasteiger partial charge in [-0.2, -0.15) is 0 Å². The van der Waals surface area contributed by atoms with Crippen molar-refractivity contribution in [2.24, 2.45) is 0 Å². The number of nitrogens with two attached hydrogens (primary N) is 2. The lowest BCUT2D eigenvalue weighted by Crippen LogP contribution is -2.50. The van der Waals surface area contributed by atoms with Gasteiger partial charge in [0.2, 0.25) is 5.95 Å². The predicted molar refractivity (Wildman–Crippen MR) is 179 cm³/mol. The summed E-state index contributed by atoms with van der Waals surface area (Å²) in [5, 5.41) is 16.6. The molecule has 2 aliphatic rings. The molecule has 1 aliphatic heterocycles. The molecule has 14 heteroatoms. The van der Waals surface area contributed by atoms with Crippen molar-refractivity contribution in [3.05, 3.63) is 68.7 Å². The van der Waals surface area contributed by atoms with E-state index in [0.29, 0.717) is 54.1 Å². The first-order chi connectivity index (χ1) is 22.7. The fourth-order valence-corrected chi connectivity index (χ4v) is 6.44. The largest absolute Gasteiger partial charge is 0.464 e. The summed E-state index contributed by atoms with van der Waals surface area (Å²) in [4.78, 5) is 51.8. The number of anilines is 2. The number of hydrogen-bond donors (Lipinski definition) is 5. The third kappa shape index (κ3) is 8.31. The Hall–Kier alpha value is -4.40. The zero-order valence-electron chi connectivity index (χ0n) is 26.8. The molecule has 2 atom stereocenters. The van der Waals surface area contributed by atoms with E-state index in [1.165, 1.54) is 17.6 Å². The molecule has 0 spiro atoms. The zero-order chi connectivity index (χ0) is 33.4. The van der Waals surface area contributed by atoms with E-state index in [9.17, 15) is 14.4 Å². The van der Waals surface area contributed by atoms with Gasteiger partial charge in [-0.15, -0.1) is 11.3 Å². The number of nitrogen functional groups attached to an aromatic ring is 1. The lowest BCUT2D eigenvalue weighted by molar-refractivity contribution is -0.147. The Labute approximate surface area is 278 Å². The quantitative estimate of drug-likeness (QED) is 0.0677. The van der Waals surface area contributed by atoms with E-state index in [4.69, 9.17) is 20.6 Å². The van der Waals surface area contributed by atoms with Crippen molar-refractivity contribution >= 4 is 47.0 Å². The number of nitrogens with zero attached hydrogens (tertiary/aromatic N) is 3. The van der Waals surface area contributed by atoms with E-state index in [0.717, 1.165) is 43.6 Å². The SMILES string of the molecule is Cc1nc(NCCCc2cccc(N)c2C=[NH2+])nc(C)c1C(=O)NC1(C(=O)OCCCN2CCOCC2)CC1NC(=O)c1cccs1. The maximum absolute atomic E-state index is 13.7. The Kier molecular flexibility index (Phi) is 11.2. The minimum absolute atomic E-state index is 0.199. The number of hydrogen-bond acceptors (Lipinski definition) is 11. The highest BCUT2D eigenvalue weighted by atomic mass is 32.1. The van der Waals surface area contributed by atoms with Crippen molar-refractivity contribution in [1.29, 1.82) is 0 Å². The number of aromatic nitrogens is 2. The lowest BCUT2D eigenvalue weighted by atomic mass is 10.0. The van der Waals surface area contributed by atoms with Crippen LogP contribution >= 0.6 is 11.3 Å². The molecule has 47 heavy (non-hydrogen) atoms. The normalized spacial score (nSPS) is 19.1. The number of nitrogens with one attached hydrogen (secondary N) is 3. The number of thiophene rings is 1. The van der Waals surface area contributed by atoms with Crippen LogP contribution in [0.2, 0.25) is 0 Å². The fourth-order valence-electron chi connectivity index (χ4n) is 5.82. The summed E-state index contributed by atoms with van der Waals surface area (Å²) in [6, 6.07) is 8.60. The highest BCUT2D eigenvalue weighted by Gasteiger charge is 2.63. The lowest BCUT2D eigenvalue weighted by Gasteiger charge is -2.26. The number of carbonyl (C=O) groups is 3. The zero-order valence-corrected chi connectivity index (χ0v) is 27.7. The minimum Gasteiger partial charge on any atom is -0.464 e. The molecule has 7 N–H and O–H groups in total. The van der Waals surface area contributed by atoms with Crippen molar-refractivity contribution in [3.8, 4) is 0 Å². The van der Waals surface area contributed by atoms with E-state index in [2.05, 4.69) is 30.8 Å². The molecule has 250 valence electrons. The van der Waals surface area contributed by atoms with E-state index in [-0.39, 0.29) is 24.5 Å². The first-order valence-corrected chi connectivity index (χ1v) is 16.8. The van der Waals surface area contributed by atoms with Gasteiger partial charge >= 0.3 is 5.97 Å². The van der Waals surface area contributed by atoms with Crippen molar-refractivity contribution < 1.29 is 29.3 Å². The summed E-state index contributed by atoms with van der Waals surface area (Å²) in [5.41, 5.74) is 8.37. The van der Waals surface area contributed by atoms with Crippen molar-refractivity contribution in [2.75, 3.05) is 57.1 Å². The average Bonchev–Trinajstić information content (AvgIpc) is 3.44. The number of amides is 2. The first-order valence-electron chi connectivity index (χ1n) is 15.9. The van der Waals surface area contributed by atoms with Crippen LogP contribution in [0.1, 0.15) is 61.8 Å². The van der Waals surface area contributed by atoms with Gasteiger partial charge in [0.25, 0.3) is 11.8 Å². The van der Waals surface area contributed by atoms with Crippen LogP contribution in [-0.4, -0.2) is 96.4 Å². The molecular formula is C33H43N8O5S+. The second-order valence-electron chi connectivity index (χ2n) is 11.8. The van der Waals surface area contributed by atoms with Crippen LogP contribution < -0.4 is 27.1 Å². The topological polar surface area (TPSA) is 186 Å². The van der Waals surface area contributed by atoms with Gasteiger partial charge in [0.1, 0.15) is 0 Å². The molecule has 1 saturated carbocycles. The number of morpholine rings is 1. The minimum atomic E-state index is -1.39. The molecule has 2 unspecified atom stereocenters. The number of esters is 1. The monoisotopic (exact) mass is 663 g/mol. The molecule has 3 aromatic rings. The van der Waals surface area contributed by atoms with Gasteiger partial charge in [0, 0.05) is 38.3 Å². The first kappa shape index (κ1) is 33.9.